The molecule has 0 aliphatic rings. The first-order valence-corrected chi connectivity index (χ1v) is 8.20. The Morgan fingerprint density at radius 2 is 2.00 bits per heavy atom. The lowest BCUT2D eigenvalue weighted by molar-refractivity contribution is 0.527. The number of hydrogen-bond acceptors (Lipinski definition) is 1. The average molecular weight is 371 g/mol. The van der Waals surface area contributed by atoms with E-state index in [1.54, 1.807) is 0 Å². The molecule has 0 heterocycles. The van der Waals surface area contributed by atoms with E-state index in [0.717, 1.165) is 35.5 Å². The van der Waals surface area contributed by atoms with Gasteiger partial charge in [-0.15, -0.1) is 0 Å². The molecule has 0 aromatic heterocycles. The average Bonchev–Trinajstić information content (AvgIpc) is 2.48. The van der Waals surface area contributed by atoms with Gasteiger partial charge in [0.15, 0.2) is 0 Å². The minimum absolute atomic E-state index is 0.113. The fourth-order valence-corrected chi connectivity index (χ4v) is 2.85. The smallest absolute Gasteiger partial charge is 0.137 e. The summed E-state index contributed by atoms with van der Waals surface area (Å²) in [6.07, 6.45) is 1.82. The van der Waals surface area contributed by atoms with Crippen LogP contribution in [0.2, 0.25) is 5.02 Å². The minimum atomic E-state index is -0.245. The number of benzene rings is 2. The molecule has 0 spiro atoms. The highest BCUT2D eigenvalue weighted by molar-refractivity contribution is 9.10. The molecule has 0 aliphatic carbocycles. The normalized spacial score (nSPS) is 12.4. The van der Waals surface area contributed by atoms with E-state index < -0.39 is 0 Å². The van der Waals surface area contributed by atoms with Crippen LogP contribution in [0.25, 0.3) is 0 Å². The van der Waals surface area contributed by atoms with Crippen molar-refractivity contribution in [3.63, 3.8) is 0 Å². The predicted octanol–water partition coefficient (Wildman–Crippen LogP) is 5.53. The molecular weight excluding hydrogens is 353 g/mol. The summed E-state index contributed by atoms with van der Waals surface area (Å²) in [6, 6.07) is 13.1. The molecule has 21 heavy (non-hydrogen) atoms. The molecule has 2 aromatic carbocycles. The van der Waals surface area contributed by atoms with Crippen LogP contribution in [0.4, 0.5) is 4.39 Å². The lowest BCUT2D eigenvalue weighted by atomic mass is 9.98. The number of rotatable bonds is 6. The van der Waals surface area contributed by atoms with Crippen molar-refractivity contribution in [3.05, 3.63) is 68.9 Å². The Morgan fingerprint density at radius 1 is 1.24 bits per heavy atom. The first-order chi connectivity index (χ1) is 10.1. The summed E-state index contributed by atoms with van der Waals surface area (Å²) in [5.74, 6) is -0.245. The van der Waals surface area contributed by atoms with Gasteiger partial charge >= 0.3 is 0 Å². The fraction of sp³-hybridized carbons (Fsp3) is 0.294. The van der Waals surface area contributed by atoms with E-state index in [0.29, 0.717) is 4.47 Å². The van der Waals surface area contributed by atoms with Gasteiger partial charge in [0.2, 0.25) is 0 Å². The van der Waals surface area contributed by atoms with Gasteiger partial charge in [-0.05, 0) is 64.6 Å². The monoisotopic (exact) mass is 369 g/mol. The Kier molecular flexibility index (Phi) is 6.22. The van der Waals surface area contributed by atoms with Crippen LogP contribution in [0, 0.1) is 5.82 Å². The molecule has 2 rings (SSSR count). The third kappa shape index (κ3) is 4.53. The fourth-order valence-electron chi connectivity index (χ4n) is 2.24. The molecule has 0 saturated heterocycles. The summed E-state index contributed by atoms with van der Waals surface area (Å²) in [5.41, 5.74) is 2.14. The molecule has 0 saturated carbocycles. The zero-order chi connectivity index (χ0) is 15.2. The quantitative estimate of drug-likeness (QED) is 0.705. The van der Waals surface area contributed by atoms with E-state index >= 15 is 0 Å². The van der Waals surface area contributed by atoms with Gasteiger partial charge in [0.05, 0.1) is 4.47 Å². The van der Waals surface area contributed by atoms with E-state index in [-0.39, 0.29) is 11.9 Å². The van der Waals surface area contributed by atoms with Crippen molar-refractivity contribution in [2.45, 2.75) is 25.8 Å². The van der Waals surface area contributed by atoms with Gasteiger partial charge in [0.1, 0.15) is 5.82 Å². The van der Waals surface area contributed by atoms with Crippen molar-refractivity contribution >= 4 is 27.5 Å². The Bertz CT molecular complexity index is 603. The molecule has 0 bridgehead atoms. The molecule has 1 N–H and O–H groups in total. The standard InChI is InChI=1S/C17H18BrClFN/c1-2-9-21-17(11-12-5-3-4-6-15(12)19)13-7-8-16(20)14(18)10-13/h3-8,10,17,21H,2,9,11H2,1H3. The zero-order valence-electron chi connectivity index (χ0n) is 11.9. The topological polar surface area (TPSA) is 12.0 Å². The van der Waals surface area contributed by atoms with E-state index in [9.17, 15) is 4.39 Å². The second-order valence-electron chi connectivity index (χ2n) is 4.98. The van der Waals surface area contributed by atoms with Crippen LogP contribution < -0.4 is 5.32 Å². The number of nitrogens with one attached hydrogen (secondary N) is 1. The lowest BCUT2D eigenvalue weighted by Crippen LogP contribution is -2.24. The predicted molar refractivity (Wildman–Crippen MR) is 90.3 cm³/mol. The van der Waals surface area contributed by atoms with E-state index in [1.807, 2.05) is 36.4 Å². The minimum Gasteiger partial charge on any atom is -0.310 e. The van der Waals surface area contributed by atoms with Gasteiger partial charge in [-0.1, -0.05) is 42.8 Å². The van der Waals surface area contributed by atoms with Gasteiger partial charge in [-0.25, -0.2) is 4.39 Å². The summed E-state index contributed by atoms with van der Waals surface area (Å²) in [5, 5.41) is 4.27. The van der Waals surface area contributed by atoms with Crippen molar-refractivity contribution in [2.75, 3.05) is 6.54 Å². The highest BCUT2D eigenvalue weighted by Gasteiger charge is 2.14. The van der Waals surface area contributed by atoms with E-state index in [4.69, 9.17) is 11.6 Å². The maximum absolute atomic E-state index is 13.4. The Labute approximate surface area is 138 Å². The van der Waals surface area contributed by atoms with Gasteiger partial charge in [0.25, 0.3) is 0 Å². The SMILES string of the molecule is CCCNC(Cc1ccccc1Cl)c1ccc(F)c(Br)c1. The highest BCUT2D eigenvalue weighted by Crippen LogP contribution is 2.26. The number of hydrogen-bond donors (Lipinski definition) is 1. The Balaban J connectivity index is 2.25. The summed E-state index contributed by atoms with van der Waals surface area (Å²) in [4.78, 5) is 0. The van der Waals surface area contributed by atoms with E-state index in [1.165, 1.54) is 6.07 Å². The Hall–Kier alpha value is -0.900. The van der Waals surface area contributed by atoms with Crippen LogP contribution in [0.15, 0.2) is 46.9 Å². The van der Waals surface area contributed by atoms with Crippen molar-refractivity contribution in [1.82, 2.24) is 5.32 Å². The van der Waals surface area contributed by atoms with E-state index in [2.05, 4.69) is 28.2 Å². The second kappa shape index (κ2) is 7.92. The molecule has 0 fully saturated rings. The molecule has 1 unspecified atom stereocenters. The van der Waals surface area contributed by atoms with Crippen LogP contribution in [0.3, 0.4) is 0 Å². The first-order valence-electron chi connectivity index (χ1n) is 7.03. The molecule has 0 amide bonds. The molecule has 4 heteroatoms. The molecular formula is C17H18BrClFN. The zero-order valence-corrected chi connectivity index (χ0v) is 14.2. The third-order valence-corrected chi connectivity index (χ3v) is 4.35. The number of halogens is 3. The summed E-state index contributed by atoms with van der Waals surface area (Å²) < 4.78 is 13.9. The molecule has 2 aromatic rings. The van der Waals surface area contributed by atoms with Gasteiger partial charge in [0, 0.05) is 11.1 Å². The van der Waals surface area contributed by atoms with Crippen LogP contribution in [0.1, 0.15) is 30.5 Å². The maximum atomic E-state index is 13.4. The van der Waals surface area contributed by atoms with Crippen LogP contribution >= 0.6 is 27.5 Å². The van der Waals surface area contributed by atoms with Gasteiger partial charge in [-0.3, -0.25) is 0 Å². The van der Waals surface area contributed by atoms with Gasteiger partial charge in [-0.2, -0.15) is 0 Å². The molecule has 1 atom stereocenters. The molecule has 0 aliphatic heterocycles. The van der Waals surface area contributed by atoms with Crippen molar-refractivity contribution in [1.29, 1.82) is 0 Å². The largest absolute Gasteiger partial charge is 0.310 e. The van der Waals surface area contributed by atoms with Crippen molar-refractivity contribution < 1.29 is 4.39 Å². The molecule has 0 radical (unpaired) electrons. The first kappa shape index (κ1) is 16.5. The summed E-state index contributed by atoms with van der Waals surface area (Å²) in [7, 11) is 0. The second-order valence-corrected chi connectivity index (χ2v) is 6.24. The van der Waals surface area contributed by atoms with Crippen molar-refractivity contribution in [3.8, 4) is 0 Å². The molecule has 112 valence electrons. The molecule has 1 nitrogen and oxygen atoms in total. The van der Waals surface area contributed by atoms with Crippen molar-refractivity contribution in [2.24, 2.45) is 0 Å². The highest BCUT2D eigenvalue weighted by atomic mass is 79.9. The Morgan fingerprint density at radius 3 is 2.67 bits per heavy atom. The van der Waals surface area contributed by atoms with Crippen LogP contribution in [-0.2, 0) is 6.42 Å². The third-order valence-electron chi connectivity index (χ3n) is 3.37. The maximum Gasteiger partial charge on any atom is 0.137 e. The van der Waals surface area contributed by atoms with Crippen LogP contribution in [-0.4, -0.2) is 6.54 Å². The lowest BCUT2D eigenvalue weighted by Gasteiger charge is -2.20. The van der Waals surface area contributed by atoms with Crippen LogP contribution in [0.5, 0.6) is 0 Å². The summed E-state index contributed by atoms with van der Waals surface area (Å²) >= 11 is 9.50. The summed E-state index contributed by atoms with van der Waals surface area (Å²) in [6.45, 7) is 3.03. The van der Waals surface area contributed by atoms with Gasteiger partial charge < -0.3 is 5.32 Å².